The van der Waals surface area contributed by atoms with Gasteiger partial charge in [0, 0.05) is 57.6 Å². The van der Waals surface area contributed by atoms with E-state index in [-0.39, 0.29) is 11.7 Å². The maximum Gasteiger partial charge on any atom is 0.270 e. The van der Waals surface area contributed by atoms with Crippen LogP contribution in [-0.4, -0.2) is 97.4 Å². The Labute approximate surface area is 189 Å². The molecule has 2 aromatic rings. The van der Waals surface area contributed by atoms with Crippen LogP contribution < -0.4 is 9.47 Å². The third-order valence-electron chi connectivity index (χ3n) is 6.20. The number of carbonyl (C=O) groups excluding carboxylic acids is 2. The Balaban J connectivity index is 1.17. The summed E-state index contributed by atoms with van der Waals surface area (Å²) in [5.41, 5.74) is 1.10. The van der Waals surface area contributed by atoms with E-state index in [2.05, 4.69) is 14.8 Å². The number of likely N-dealkylation sites (tertiary alicyclic amines) is 1. The van der Waals surface area contributed by atoms with Gasteiger partial charge in [-0.25, -0.2) is 0 Å². The van der Waals surface area contributed by atoms with Crippen molar-refractivity contribution in [1.82, 2.24) is 19.7 Å². The first-order valence-electron chi connectivity index (χ1n) is 11.3. The zero-order valence-corrected chi connectivity index (χ0v) is 18.7. The van der Waals surface area contributed by atoms with E-state index in [1.54, 1.807) is 19.4 Å². The van der Waals surface area contributed by atoms with Crippen LogP contribution in [0.25, 0.3) is 0 Å². The summed E-state index contributed by atoms with van der Waals surface area (Å²) in [6.07, 6.45) is 3.77. The second-order valence-corrected chi connectivity index (χ2v) is 8.37. The molecule has 3 heterocycles. The van der Waals surface area contributed by atoms with Gasteiger partial charge in [-0.2, -0.15) is 0 Å². The largest absolute Gasteiger partial charge is 0.497 e. The van der Waals surface area contributed by atoms with Gasteiger partial charge >= 0.3 is 0 Å². The van der Waals surface area contributed by atoms with Crippen molar-refractivity contribution in [3.63, 3.8) is 0 Å². The van der Waals surface area contributed by atoms with Gasteiger partial charge in [0.25, 0.3) is 5.91 Å². The SMILES string of the molecule is COc1ccc(OCCN2CCN(CC(=O)c3c[nH]c(C(=O)N4CCCC4)c3)CC2)cc1. The Morgan fingerprint density at radius 2 is 1.59 bits per heavy atom. The van der Waals surface area contributed by atoms with Crippen molar-refractivity contribution in [2.75, 3.05) is 66.1 Å². The number of hydrogen-bond donors (Lipinski definition) is 1. The van der Waals surface area contributed by atoms with Gasteiger partial charge in [0.05, 0.1) is 13.7 Å². The number of ether oxygens (including phenoxy) is 2. The fourth-order valence-electron chi connectivity index (χ4n) is 4.20. The summed E-state index contributed by atoms with van der Waals surface area (Å²) in [6.45, 7) is 6.97. The molecule has 172 valence electrons. The lowest BCUT2D eigenvalue weighted by molar-refractivity contribution is 0.0787. The first-order valence-corrected chi connectivity index (χ1v) is 11.3. The zero-order valence-electron chi connectivity index (χ0n) is 18.7. The lowest BCUT2D eigenvalue weighted by Gasteiger charge is -2.34. The number of nitrogens with zero attached hydrogens (tertiary/aromatic N) is 3. The van der Waals surface area contributed by atoms with E-state index < -0.39 is 0 Å². The summed E-state index contributed by atoms with van der Waals surface area (Å²) >= 11 is 0. The average Bonchev–Trinajstić information content (AvgIpc) is 3.53. The molecule has 4 rings (SSSR count). The van der Waals surface area contributed by atoms with Crippen molar-refractivity contribution < 1.29 is 19.1 Å². The Kier molecular flexibility index (Phi) is 7.44. The Bertz CT molecular complexity index is 897. The number of Topliss-reactive ketones (excluding diaryl/α,β-unsaturated/α-hetero) is 1. The molecule has 2 aliphatic heterocycles. The van der Waals surface area contributed by atoms with E-state index >= 15 is 0 Å². The van der Waals surface area contributed by atoms with Crippen LogP contribution in [0.3, 0.4) is 0 Å². The third-order valence-corrected chi connectivity index (χ3v) is 6.20. The number of aromatic amines is 1. The van der Waals surface area contributed by atoms with Gasteiger partial charge in [-0.05, 0) is 43.2 Å². The highest BCUT2D eigenvalue weighted by atomic mass is 16.5. The number of benzene rings is 1. The molecular formula is C24H32N4O4. The van der Waals surface area contributed by atoms with Crippen molar-refractivity contribution in [2.24, 2.45) is 0 Å². The van der Waals surface area contributed by atoms with Gasteiger partial charge in [0.15, 0.2) is 5.78 Å². The first kappa shape index (κ1) is 22.4. The number of H-pyrrole nitrogens is 1. The van der Waals surface area contributed by atoms with Gasteiger partial charge < -0.3 is 19.4 Å². The number of hydrogen-bond acceptors (Lipinski definition) is 6. The molecule has 2 fully saturated rings. The quantitative estimate of drug-likeness (QED) is 0.602. The van der Waals surface area contributed by atoms with Crippen molar-refractivity contribution in [3.8, 4) is 11.5 Å². The monoisotopic (exact) mass is 440 g/mol. The van der Waals surface area contributed by atoms with Gasteiger partial charge in [0.2, 0.25) is 0 Å². The number of aromatic nitrogens is 1. The zero-order chi connectivity index (χ0) is 22.3. The standard InChI is InChI=1S/C24H32N4O4/c1-31-20-4-6-21(7-5-20)32-15-14-26-10-12-27(13-11-26)18-23(29)19-16-22(25-17-19)24(30)28-8-2-3-9-28/h4-7,16-17,25H,2-3,8-15,18H2,1H3. The van der Waals surface area contributed by atoms with Crippen LogP contribution in [0, 0.1) is 0 Å². The van der Waals surface area contributed by atoms with E-state index in [1.165, 1.54) is 0 Å². The predicted octanol–water partition coefficient (Wildman–Crippen LogP) is 2.14. The molecule has 1 amide bonds. The minimum absolute atomic E-state index is 0.00739. The molecule has 8 nitrogen and oxygen atoms in total. The van der Waals surface area contributed by atoms with Gasteiger partial charge in [-0.3, -0.25) is 19.4 Å². The minimum Gasteiger partial charge on any atom is -0.497 e. The Morgan fingerprint density at radius 3 is 2.28 bits per heavy atom. The molecule has 1 aromatic carbocycles. The van der Waals surface area contributed by atoms with Crippen LogP contribution in [0.15, 0.2) is 36.5 Å². The van der Waals surface area contributed by atoms with Crippen LogP contribution in [0.2, 0.25) is 0 Å². The molecular weight excluding hydrogens is 408 g/mol. The molecule has 0 unspecified atom stereocenters. The highest BCUT2D eigenvalue weighted by molar-refractivity contribution is 6.01. The average molecular weight is 441 g/mol. The van der Waals surface area contributed by atoms with E-state index in [4.69, 9.17) is 9.47 Å². The highest BCUT2D eigenvalue weighted by Gasteiger charge is 2.23. The van der Waals surface area contributed by atoms with Crippen LogP contribution in [0.4, 0.5) is 0 Å². The smallest absolute Gasteiger partial charge is 0.270 e. The molecule has 2 saturated heterocycles. The Hall–Kier alpha value is -2.84. The number of ketones is 1. The summed E-state index contributed by atoms with van der Waals surface area (Å²) in [7, 11) is 1.65. The van der Waals surface area contributed by atoms with Gasteiger partial charge in [0.1, 0.15) is 23.8 Å². The summed E-state index contributed by atoms with van der Waals surface area (Å²) in [5.74, 6) is 1.70. The molecule has 0 saturated carbocycles. The summed E-state index contributed by atoms with van der Waals surface area (Å²) in [4.78, 5) is 34.5. The van der Waals surface area contributed by atoms with Crippen LogP contribution in [0.1, 0.15) is 33.7 Å². The van der Waals surface area contributed by atoms with Crippen molar-refractivity contribution >= 4 is 11.7 Å². The molecule has 0 spiro atoms. The van der Waals surface area contributed by atoms with E-state index in [0.29, 0.717) is 24.4 Å². The number of nitrogens with one attached hydrogen (secondary N) is 1. The lowest BCUT2D eigenvalue weighted by atomic mass is 10.2. The maximum atomic E-state index is 12.7. The molecule has 1 aromatic heterocycles. The third kappa shape index (κ3) is 5.69. The van der Waals surface area contributed by atoms with E-state index in [0.717, 1.165) is 70.2 Å². The van der Waals surface area contributed by atoms with Crippen molar-refractivity contribution in [3.05, 3.63) is 47.8 Å². The molecule has 1 N–H and O–H groups in total. The molecule has 8 heteroatoms. The Morgan fingerprint density at radius 1 is 0.938 bits per heavy atom. The topological polar surface area (TPSA) is 78.1 Å². The fraction of sp³-hybridized carbons (Fsp3) is 0.500. The normalized spacial score (nSPS) is 17.5. The number of amides is 1. The molecule has 0 atom stereocenters. The van der Waals surface area contributed by atoms with Gasteiger partial charge in [-0.1, -0.05) is 0 Å². The van der Waals surface area contributed by atoms with Crippen molar-refractivity contribution in [2.45, 2.75) is 12.8 Å². The number of methoxy groups -OCH3 is 1. The molecule has 32 heavy (non-hydrogen) atoms. The number of rotatable bonds is 9. The van der Waals surface area contributed by atoms with Crippen LogP contribution in [-0.2, 0) is 0 Å². The minimum atomic E-state index is -0.00739. The first-order chi connectivity index (χ1) is 15.6. The highest BCUT2D eigenvalue weighted by Crippen LogP contribution is 2.17. The second kappa shape index (κ2) is 10.7. The fourth-order valence-corrected chi connectivity index (χ4v) is 4.20. The van der Waals surface area contributed by atoms with Crippen molar-refractivity contribution in [1.29, 1.82) is 0 Å². The summed E-state index contributed by atoms with van der Waals surface area (Å²) in [6, 6.07) is 9.30. The second-order valence-electron chi connectivity index (χ2n) is 8.37. The number of piperazine rings is 1. The van der Waals surface area contributed by atoms with Crippen LogP contribution >= 0.6 is 0 Å². The summed E-state index contributed by atoms with van der Waals surface area (Å²) < 4.78 is 11.0. The molecule has 0 aliphatic carbocycles. The molecule has 0 radical (unpaired) electrons. The van der Waals surface area contributed by atoms with Gasteiger partial charge in [-0.15, -0.1) is 0 Å². The van der Waals surface area contributed by atoms with Crippen LogP contribution in [0.5, 0.6) is 11.5 Å². The molecule has 0 bridgehead atoms. The summed E-state index contributed by atoms with van der Waals surface area (Å²) in [5, 5.41) is 0. The lowest BCUT2D eigenvalue weighted by Crippen LogP contribution is -2.48. The number of carbonyl (C=O) groups is 2. The predicted molar refractivity (Wildman–Crippen MR) is 122 cm³/mol. The van der Waals surface area contributed by atoms with E-state index in [9.17, 15) is 9.59 Å². The van der Waals surface area contributed by atoms with E-state index in [1.807, 2.05) is 29.2 Å². The molecule has 2 aliphatic rings. The maximum absolute atomic E-state index is 12.7.